The van der Waals surface area contributed by atoms with Gasteiger partial charge in [-0.15, -0.1) is 0 Å². The van der Waals surface area contributed by atoms with Gasteiger partial charge in [0.25, 0.3) is 5.91 Å². The molecule has 4 saturated carbocycles. The van der Waals surface area contributed by atoms with E-state index in [1.807, 2.05) is 18.2 Å². The van der Waals surface area contributed by atoms with Gasteiger partial charge in [-0.3, -0.25) is 9.89 Å². The zero-order valence-corrected chi connectivity index (χ0v) is 12.6. The lowest BCUT2D eigenvalue weighted by Crippen LogP contribution is -2.59. The summed E-state index contributed by atoms with van der Waals surface area (Å²) in [5, 5.41) is 11.4. The third kappa shape index (κ3) is 1.89. The van der Waals surface area contributed by atoms with Gasteiger partial charge in [0.2, 0.25) is 0 Å². The van der Waals surface area contributed by atoms with Gasteiger partial charge in [-0.25, -0.2) is 0 Å². The first kappa shape index (κ1) is 12.7. The number of H-pyrrole nitrogens is 1. The van der Waals surface area contributed by atoms with Gasteiger partial charge in [-0.2, -0.15) is 5.10 Å². The molecule has 4 bridgehead atoms. The highest BCUT2D eigenvalue weighted by molar-refractivity contribution is 5.98. The minimum absolute atomic E-state index is 0.0805. The number of aromatic nitrogens is 2. The quantitative estimate of drug-likeness (QED) is 0.893. The average Bonchev–Trinajstić information content (AvgIpc) is 2.92. The Labute approximate surface area is 129 Å². The number of carbonyl (C=O) groups excluding carboxylic acids is 1. The molecule has 4 aliphatic carbocycles. The van der Waals surface area contributed by atoms with Crippen molar-refractivity contribution in [2.45, 2.75) is 44.1 Å². The van der Waals surface area contributed by atoms with Gasteiger partial charge in [0.1, 0.15) is 0 Å². The fourth-order valence-electron chi connectivity index (χ4n) is 5.66. The van der Waals surface area contributed by atoms with Crippen molar-refractivity contribution >= 4 is 16.8 Å². The van der Waals surface area contributed by atoms with E-state index in [9.17, 15) is 4.79 Å². The minimum Gasteiger partial charge on any atom is -0.347 e. The van der Waals surface area contributed by atoms with Crippen LogP contribution in [0.1, 0.15) is 48.9 Å². The van der Waals surface area contributed by atoms with Crippen LogP contribution in [0.2, 0.25) is 0 Å². The van der Waals surface area contributed by atoms with Crippen molar-refractivity contribution < 1.29 is 4.79 Å². The zero-order valence-electron chi connectivity index (χ0n) is 12.6. The summed E-state index contributed by atoms with van der Waals surface area (Å²) >= 11 is 0. The molecule has 0 aliphatic heterocycles. The molecule has 1 heterocycles. The monoisotopic (exact) mass is 295 g/mol. The van der Waals surface area contributed by atoms with Crippen LogP contribution in [-0.2, 0) is 0 Å². The number of rotatable bonds is 2. The number of benzene rings is 1. The molecular formula is C18H21N3O. The highest BCUT2D eigenvalue weighted by atomic mass is 16.1. The average molecular weight is 295 g/mol. The van der Waals surface area contributed by atoms with Crippen molar-refractivity contribution in [3.63, 3.8) is 0 Å². The van der Waals surface area contributed by atoms with E-state index in [1.165, 1.54) is 38.5 Å². The number of nitrogens with one attached hydrogen (secondary N) is 2. The number of hydrogen-bond acceptors (Lipinski definition) is 2. The maximum Gasteiger partial charge on any atom is 0.251 e. The topological polar surface area (TPSA) is 57.8 Å². The zero-order chi connectivity index (χ0) is 14.7. The third-order valence-electron chi connectivity index (χ3n) is 6.12. The second kappa shape index (κ2) is 4.34. The molecule has 2 aromatic rings. The molecule has 0 radical (unpaired) electrons. The van der Waals surface area contributed by atoms with Crippen LogP contribution in [0, 0.1) is 17.8 Å². The van der Waals surface area contributed by atoms with Crippen LogP contribution in [0.25, 0.3) is 10.9 Å². The normalized spacial score (nSPS) is 35.9. The maximum atomic E-state index is 12.8. The number of nitrogens with zero attached hydrogens (tertiary/aromatic N) is 1. The molecular weight excluding hydrogens is 274 g/mol. The fourth-order valence-corrected chi connectivity index (χ4v) is 5.66. The molecule has 0 spiro atoms. The van der Waals surface area contributed by atoms with Crippen molar-refractivity contribution in [3.8, 4) is 0 Å². The van der Waals surface area contributed by atoms with Gasteiger partial charge in [-0.05, 0) is 74.5 Å². The molecule has 1 aromatic heterocycles. The SMILES string of the molecule is O=C(NC12CC3CC(CC(C3)C1)C2)c1ccc2[nH]ncc2c1. The first-order valence-corrected chi connectivity index (χ1v) is 8.45. The van der Waals surface area contributed by atoms with E-state index in [1.54, 1.807) is 6.20 Å². The van der Waals surface area contributed by atoms with Crippen molar-refractivity contribution in [3.05, 3.63) is 30.0 Å². The minimum atomic E-state index is 0.0805. The number of aromatic amines is 1. The Morgan fingerprint density at radius 3 is 2.50 bits per heavy atom. The van der Waals surface area contributed by atoms with Gasteiger partial charge >= 0.3 is 0 Å². The first-order chi connectivity index (χ1) is 10.7. The van der Waals surface area contributed by atoms with Crippen LogP contribution in [0.15, 0.2) is 24.4 Å². The maximum absolute atomic E-state index is 12.8. The number of hydrogen-bond donors (Lipinski definition) is 2. The molecule has 0 saturated heterocycles. The van der Waals surface area contributed by atoms with E-state index in [0.717, 1.165) is 34.2 Å². The molecule has 114 valence electrons. The molecule has 6 rings (SSSR count). The molecule has 0 unspecified atom stereocenters. The first-order valence-electron chi connectivity index (χ1n) is 8.45. The number of carbonyl (C=O) groups is 1. The van der Waals surface area contributed by atoms with E-state index in [4.69, 9.17) is 0 Å². The van der Waals surface area contributed by atoms with E-state index in [2.05, 4.69) is 15.5 Å². The highest BCUT2D eigenvalue weighted by Gasteiger charge is 2.51. The van der Waals surface area contributed by atoms with Gasteiger partial charge in [-0.1, -0.05) is 0 Å². The molecule has 4 aliphatic rings. The second-order valence-electron chi connectivity index (χ2n) is 7.82. The summed E-state index contributed by atoms with van der Waals surface area (Å²) in [4.78, 5) is 12.8. The molecule has 1 aromatic carbocycles. The molecule has 2 N–H and O–H groups in total. The lowest BCUT2D eigenvalue weighted by atomic mass is 9.53. The van der Waals surface area contributed by atoms with E-state index < -0.39 is 0 Å². The molecule has 22 heavy (non-hydrogen) atoms. The summed E-state index contributed by atoms with van der Waals surface area (Å²) in [6, 6.07) is 5.78. The highest BCUT2D eigenvalue weighted by Crippen LogP contribution is 2.55. The van der Waals surface area contributed by atoms with Crippen molar-refractivity contribution in [1.29, 1.82) is 0 Å². The summed E-state index contributed by atoms with van der Waals surface area (Å²) in [6.07, 6.45) is 9.55. The lowest BCUT2D eigenvalue weighted by molar-refractivity contribution is -0.0166. The van der Waals surface area contributed by atoms with Crippen molar-refractivity contribution in [2.24, 2.45) is 17.8 Å². The van der Waals surface area contributed by atoms with Crippen LogP contribution in [0.5, 0.6) is 0 Å². The predicted octanol–water partition coefficient (Wildman–Crippen LogP) is 3.26. The summed E-state index contributed by atoms with van der Waals surface area (Å²) in [7, 11) is 0. The second-order valence-corrected chi connectivity index (χ2v) is 7.82. The van der Waals surface area contributed by atoms with E-state index in [0.29, 0.717) is 0 Å². The van der Waals surface area contributed by atoms with Crippen molar-refractivity contribution in [2.75, 3.05) is 0 Å². The molecule has 1 amide bonds. The summed E-state index contributed by atoms with van der Waals surface area (Å²) in [5.41, 5.74) is 1.81. The van der Waals surface area contributed by atoms with Crippen LogP contribution >= 0.6 is 0 Å². The summed E-state index contributed by atoms with van der Waals surface area (Å²) in [6.45, 7) is 0. The summed E-state index contributed by atoms with van der Waals surface area (Å²) in [5.74, 6) is 2.64. The number of amides is 1. The number of fused-ring (bicyclic) bond motifs is 1. The van der Waals surface area contributed by atoms with Gasteiger partial charge in [0, 0.05) is 16.5 Å². The van der Waals surface area contributed by atoms with E-state index in [-0.39, 0.29) is 11.4 Å². The lowest BCUT2D eigenvalue weighted by Gasteiger charge is -2.56. The molecule has 4 heteroatoms. The van der Waals surface area contributed by atoms with E-state index >= 15 is 0 Å². The van der Waals surface area contributed by atoms with Gasteiger partial charge < -0.3 is 5.32 Å². The van der Waals surface area contributed by atoms with Crippen LogP contribution in [-0.4, -0.2) is 21.6 Å². The predicted molar refractivity (Wildman–Crippen MR) is 84.5 cm³/mol. The Morgan fingerprint density at radius 2 is 1.82 bits per heavy atom. The molecule has 0 atom stereocenters. The molecule has 4 nitrogen and oxygen atoms in total. The fraction of sp³-hybridized carbons (Fsp3) is 0.556. The Bertz CT molecular complexity index is 712. The molecule has 4 fully saturated rings. The van der Waals surface area contributed by atoms with Crippen LogP contribution in [0.4, 0.5) is 0 Å². The van der Waals surface area contributed by atoms with Gasteiger partial charge in [0.15, 0.2) is 0 Å². The largest absolute Gasteiger partial charge is 0.347 e. The Hall–Kier alpha value is -1.84. The Balaban J connectivity index is 1.42. The van der Waals surface area contributed by atoms with Crippen LogP contribution < -0.4 is 5.32 Å². The Kier molecular flexibility index (Phi) is 2.50. The van der Waals surface area contributed by atoms with Crippen molar-refractivity contribution in [1.82, 2.24) is 15.5 Å². The standard InChI is InChI=1S/C18H21N3O/c22-17(14-1-2-16-15(6-14)10-19-21-16)20-18-7-11-3-12(8-18)5-13(4-11)9-18/h1-2,6,10-13H,3-5,7-9H2,(H,19,21)(H,20,22). The summed E-state index contributed by atoms with van der Waals surface area (Å²) < 4.78 is 0. The van der Waals surface area contributed by atoms with Crippen LogP contribution in [0.3, 0.4) is 0 Å². The Morgan fingerprint density at radius 1 is 1.14 bits per heavy atom. The third-order valence-corrected chi connectivity index (χ3v) is 6.12. The smallest absolute Gasteiger partial charge is 0.251 e. The van der Waals surface area contributed by atoms with Gasteiger partial charge in [0.05, 0.1) is 11.7 Å².